The van der Waals surface area contributed by atoms with E-state index in [9.17, 15) is 0 Å². The molecule has 0 saturated carbocycles. The van der Waals surface area contributed by atoms with Crippen LogP contribution >= 0.6 is 0 Å². The summed E-state index contributed by atoms with van der Waals surface area (Å²) in [6, 6.07) is 0. The van der Waals surface area contributed by atoms with Crippen LogP contribution in [0.25, 0.3) is 0 Å². The van der Waals surface area contributed by atoms with Gasteiger partial charge >= 0.3 is 0 Å². The molecule has 0 unspecified atom stereocenters. The van der Waals surface area contributed by atoms with Gasteiger partial charge in [-0.25, -0.2) is 0 Å². The van der Waals surface area contributed by atoms with E-state index < -0.39 is 0 Å². The first-order valence-corrected chi connectivity index (χ1v) is 3.79. The molecular formula is C9H16O. The van der Waals surface area contributed by atoms with Crippen molar-refractivity contribution in [2.24, 2.45) is 0 Å². The second-order valence-corrected chi connectivity index (χ2v) is 2.06. The quantitative estimate of drug-likeness (QED) is 0.324. The van der Waals surface area contributed by atoms with Crippen LogP contribution in [0.2, 0.25) is 0 Å². The molecule has 58 valence electrons. The average Bonchev–Trinajstić information content (AvgIpc) is 1.97. The van der Waals surface area contributed by atoms with E-state index in [1.807, 2.05) is 25.2 Å². The number of unbranched alkanes of at least 4 members (excludes halogenated alkanes) is 1. The molecule has 0 spiro atoms. The Hall–Kier alpha value is -0.720. The van der Waals surface area contributed by atoms with Gasteiger partial charge in [0.15, 0.2) is 0 Å². The van der Waals surface area contributed by atoms with E-state index >= 15 is 0 Å². The summed E-state index contributed by atoms with van der Waals surface area (Å²) in [6.07, 6.45) is 10.1. The van der Waals surface area contributed by atoms with Gasteiger partial charge in [-0.3, -0.25) is 0 Å². The number of allylic oxidation sites excluding steroid dienone is 2. The van der Waals surface area contributed by atoms with E-state index in [4.69, 9.17) is 4.74 Å². The van der Waals surface area contributed by atoms with Crippen LogP contribution in [0.1, 0.15) is 26.7 Å². The van der Waals surface area contributed by atoms with Crippen LogP contribution in [0, 0.1) is 0 Å². The highest BCUT2D eigenvalue weighted by Crippen LogP contribution is 1.88. The predicted octanol–water partition coefficient (Wildman–Crippen LogP) is 2.89. The summed E-state index contributed by atoms with van der Waals surface area (Å²) in [4.78, 5) is 0. The molecule has 0 radical (unpaired) electrons. The Kier molecular flexibility index (Phi) is 7.68. The summed E-state index contributed by atoms with van der Waals surface area (Å²) in [5, 5.41) is 0. The van der Waals surface area contributed by atoms with E-state index in [0.29, 0.717) is 6.61 Å². The van der Waals surface area contributed by atoms with Crippen LogP contribution in [0.5, 0.6) is 0 Å². The normalized spacial score (nSPS) is 11.4. The Morgan fingerprint density at radius 3 is 2.70 bits per heavy atom. The maximum absolute atomic E-state index is 5.11. The molecule has 0 aliphatic rings. The van der Waals surface area contributed by atoms with Crippen molar-refractivity contribution in [1.29, 1.82) is 0 Å². The van der Waals surface area contributed by atoms with Crippen LogP contribution < -0.4 is 0 Å². The molecule has 0 atom stereocenters. The summed E-state index contributed by atoms with van der Waals surface area (Å²) in [6.45, 7) is 4.83. The van der Waals surface area contributed by atoms with Crippen molar-refractivity contribution in [1.82, 2.24) is 0 Å². The molecule has 0 N–H and O–H groups in total. The van der Waals surface area contributed by atoms with Crippen molar-refractivity contribution < 1.29 is 4.74 Å². The fourth-order valence-electron chi connectivity index (χ4n) is 0.510. The van der Waals surface area contributed by atoms with E-state index in [-0.39, 0.29) is 0 Å². The van der Waals surface area contributed by atoms with Crippen LogP contribution in [-0.2, 0) is 4.74 Å². The van der Waals surface area contributed by atoms with Crippen LogP contribution in [0.4, 0.5) is 0 Å². The van der Waals surface area contributed by atoms with Gasteiger partial charge in [-0.2, -0.15) is 0 Å². The second-order valence-electron chi connectivity index (χ2n) is 2.06. The first kappa shape index (κ1) is 9.28. The molecule has 0 aliphatic carbocycles. The molecule has 0 saturated heterocycles. The van der Waals surface area contributed by atoms with Crippen LogP contribution in [0.15, 0.2) is 24.5 Å². The summed E-state index contributed by atoms with van der Waals surface area (Å²) in [7, 11) is 0. The van der Waals surface area contributed by atoms with Crippen molar-refractivity contribution in [2.75, 3.05) is 6.61 Å². The highest BCUT2D eigenvalue weighted by Gasteiger charge is 1.73. The third kappa shape index (κ3) is 7.28. The number of hydrogen-bond donors (Lipinski definition) is 0. The maximum Gasteiger partial charge on any atom is 0.105 e. The Morgan fingerprint density at radius 2 is 2.10 bits per heavy atom. The van der Waals surface area contributed by atoms with Gasteiger partial charge in [0, 0.05) is 0 Å². The van der Waals surface area contributed by atoms with Crippen LogP contribution in [0.3, 0.4) is 0 Å². The molecule has 0 bridgehead atoms. The lowest BCUT2D eigenvalue weighted by molar-refractivity contribution is 0.288. The lowest BCUT2D eigenvalue weighted by atomic mass is 10.3. The lowest BCUT2D eigenvalue weighted by Crippen LogP contribution is -1.79. The van der Waals surface area contributed by atoms with Crippen molar-refractivity contribution in [3.8, 4) is 0 Å². The zero-order chi connectivity index (χ0) is 7.66. The third-order valence-electron chi connectivity index (χ3n) is 1.08. The van der Waals surface area contributed by atoms with Gasteiger partial charge < -0.3 is 4.74 Å². The predicted molar refractivity (Wildman–Crippen MR) is 44.8 cm³/mol. The topological polar surface area (TPSA) is 9.23 Å². The lowest BCUT2D eigenvalue weighted by Gasteiger charge is -1.91. The zero-order valence-electron chi connectivity index (χ0n) is 6.84. The standard InChI is InChI=1S/C9H16O/c1-3-5-7-9-10-8-6-4-2/h4,6-7,9H,3,5,8H2,1-2H3. The molecule has 0 amide bonds. The monoisotopic (exact) mass is 140 g/mol. The first-order chi connectivity index (χ1) is 4.91. The molecule has 0 aromatic heterocycles. The van der Waals surface area contributed by atoms with E-state index in [0.717, 1.165) is 6.42 Å². The van der Waals surface area contributed by atoms with Crippen molar-refractivity contribution in [3.05, 3.63) is 24.5 Å². The minimum atomic E-state index is 0.691. The first-order valence-electron chi connectivity index (χ1n) is 3.79. The van der Waals surface area contributed by atoms with Gasteiger partial charge in [0.25, 0.3) is 0 Å². The van der Waals surface area contributed by atoms with Gasteiger partial charge in [-0.05, 0) is 19.4 Å². The minimum absolute atomic E-state index is 0.691. The smallest absolute Gasteiger partial charge is 0.105 e. The number of ether oxygens (including phenoxy) is 1. The van der Waals surface area contributed by atoms with Crippen molar-refractivity contribution in [3.63, 3.8) is 0 Å². The van der Waals surface area contributed by atoms with Crippen LogP contribution in [-0.4, -0.2) is 6.61 Å². The SMILES string of the molecule is CC=CCOC=CCCC. The summed E-state index contributed by atoms with van der Waals surface area (Å²) in [5.74, 6) is 0. The Labute approximate surface area is 63.4 Å². The number of rotatable bonds is 5. The summed E-state index contributed by atoms with van der Waals surface area (Å²) in [5.41, 5.74) is 0. The molecule has 10 heavy (non-hydrogen) atoms. The summed E-state index contributed by atoms with van der Waals surface area (Å²) < 4.78 is 5.11. The van der Waals surface area contributed by atoms with Crippen molar-refractivity contribution >= 4 is 0 Å². The fraction of sp³-hybridized carbons (Fsp3) is 0.556. The van der Waals surface area contributed by atoms with E-state index in [2.05, 4.69) is 6.92 Å². The molecule has 1 nitrogen and oxygen atoms in total. The highest BCUT2D eigenvalue weighted by molar-refractivity contribution is 4.79. The van der Waals surface area contributed by atoms with Gasteiger partial charge in [0.1, 0.15) is 6.61 Å². The highest BCUT2D eigenvalue weighted by atomic mass is 16.5. The Bertz CT molecular complexity index is 103. The molecular weight excluding hydrogens is 124 g/mol. The molecule has 0 rings (SSSR count). The largest absolute Gasteiger partial charge is 0.497 e. The fourth-order valence-corrected chi connectivity index (χ4v) is 0.510. The number of hydrogen-bond acceptors (Lipinski definition) is 1. The molecule has 0 aromatic carbocycles. The Balaban J connectivity index is 3.02. The van der Waals surface area contributed by atoms with E-state index in [1.54, 1.807) is 6.26 Å². The second kappa shape index (κ2) is 8.28. The summed E-state index contributed by atoms with van der Waals surface area (Å²) >= 11 is 0. The van der Waals surface area contributed by atoms with Gasteiger partial charge in [-0.1, -0.05) is 25.5 Å². The van der Waals surface area contributed by atoms with Gasteiger partial charge in [-0.15, -0.1) is 0 Å². The van der Waals surface area contributed by atoms with Gasteiger partial charge in [0.05, 0.1) is 6.26 Å². The molecule has 1 heteroatoms. The molecule has 0 aliphatic heterocycles. The minimum Gasteiger partial charge on any atom is -0.497 e. The molecule has 0 heterocycles. The average molecular weight is 140 g/mol. The third-order valence-corrected chi connectivity index (χ3v) is 1.08. The van der Waals surface area contributed by atoms with Gasteiger partial charge in [0.2, 0.25) is 0 Å². The maximum atomic E-state index is 5.11. The van der Waals surface area contributed by atoms with Crippen molar-refractivity contribution in [2.45, 2.75) is 26.7 Å². The Morgan fingerprint density at radius 1 is 1.30 bits per heavy atom. The molecule has 0 fully saturated rings. The van der Waals surface area contributed by atoms with E-state index in [1.165, 1.54) is 6.42 Å². The zero-order valence-corrected chi connectivity index (χ0v) is 6.84. The molecule has 0 aromatic rings.